The molecule has 0 radical (unpaired) electrons. The van der Waals surface area contributed by atoms with E-state index >= 15 is 0 Å². The summed E-state index contributed by atoms with van der Waals surface area (Å²) in [5, 5.41) is 14.3. The topological polar surface area (TPSA) is 77.5 Å². The Morgan fingerprint density at radius 3 is 2.72 bits per heavy atom. The first kappa shape index (κ1) is 19.2. The minimum atomic E-state index is -0.478. The lowest BCUT2D eigenvalue weighted by molar-refractivity contribution is 0.129. The number of hydrogen-bond donors (Lipinski definition) is 1. The van der Waals surface area contributed by atoms with E-state index in [0.717, 1.165) is 24.0 Å². The Morgan fingerprint density at radius 2 is 2.04 bits per heavy atom. The number of rotatable bonds is 8. The molecular formula is C19H28N2O4. The van der Waals surface area contributed by atoms with Crippen molar-refractivity contribution in [1.82, 2.24) is 9.78 Å². The zero-order valence-electron chi connectivity index (χ0n) is 15.5. The highest BCUT2D eigenvalue weighted by molar-refractivity contribution is 5.40. The first-order valence-corrected chi connectivity index (χ1v) is 8.78. The summed E-state index contributed by atoms with van der Waals surface area (Å²) in [5.74, 6) is 0.166. The first-order chi connectivity index (χ1) is 11.8. The van der Waals surface area contributed by atoms with Crippen molar-refractivity contribution in [3.63, 3.8) is 0 Å². The number of hydrogen-bond acceptors (Lipinski definition) is 5. The van der Waals surface area contributed by atoms with Gasteiger partial charge in [-0.25, -0.2) is 4.79 Å². The van der Waals surface area contributed by atoms with E-state index < -0.39 is 5.76 Å². The SMILES string of the molecule is CCCCOCCc1nn(Cc2ccc(O)c(C(C)(C)C)c2)c(=O)o1. The molecule has 0 fully saturated rings. The zero-order valence-corrected chi connectivity index (χ0v) is 15.5. The van der Waals surface area contributed by atoms with Gasteiger partial charge in [0.1, 0.15) is 5.75 Å². The average molecular weight is 348 g/mol. The quantitative estimate of drug-likeness (QED) is 0.741. The molecule has 0 aliphatic rings. The molecule has 25 heavy (non-hydrogen) atoms. The van der Waals surface area contributed by atoms with Crippen LogP contribution in [0.5, 0.6) is 5.75 Å². The maximum absolute atomic E-state index is 12.0. The molecule has 1 aromatic carbocycles. The van der Waals surface area contributed by atoms with Gasteiger partial charge in [0.2, 0.25) is 5.89 Å². The summed E-state index contributed by atoms with van der Waals surface area (Å²) in [5.41, 5.74) is 1.55. The normalized spacial score (nSPS) is 11.8. The van der Waals surface area contributed by atoms with Crippen molar-refractivity contribution < 1.29 is 14.3 Å². The summed E-state index contributed by atoms with van der Waals surface area (Å²) in [6.45, 7) is 9.72. The number of unbranched alkanes of at least 4 members (excludes halogenated alkanes) is 1. The molecular weight excluding hydrogens is 320 g/mol. The molecule has 6 heteroatoms. The van der Waals surface area contributed by atoms with Crippen LogP contribution in [0.25, 0.3) is 0 Å². The van der Waals surface area contributed by atoms with Crippen LogP contribution in [-0.2, 0) is 23.1 Å². The lowest BCUT2D eigenvalue weighted by Crippen LogP contribution is -2.17. The van der Waals surface area contributed by atoms with E-state index in [0.29, 0.717) is 32.1 Å². The van der Waals surface area contributed by atoms with Gasteiger partial charge in [-0.05, 0) is 35.1 Å². The first-order valence-electron chi connectivity index (χ1n) is 8.78. The summed E-state index contributed by atoms with van der Waals surface area (Å²) in [6, 6.07) is 5.35. The molecule has 0 aliphatic carbocycles. The Labute approximate surface area is 148 Å². The number of phenols is 1. The Bertz CT molecular complexity index is 741. The number of ether oxygens (including phenoxy) is 1. The predicted molar refractivity (Wildman–Crippen MR) is 96.1 cm³/mol. The molecule has 2 rings (SSSR count). The number of phenolic OH excluding ortho intramolecular Hbond substituents is 1. The van der Waals surface area contributed by atoms with Gasteiger partial charge in [0.05, 0.1) is 13.2 Å². The summed E-state index contributed by atoms with van der Waals surface area (Å²) in [4.78, 5) is 12.0. The minimum Gasteiger partial charge on any atom is -0.508 e. The third-order valence-corrected chi connectivity index (χ3v) is 3.95. The second-order valence-electron chi connectivity index (χ2n) is 7.24. The van der Waals surface area contributed by atoms with Crippen molar-refractivity contribution in [2.24, 2.45) is 0 Å². The second-order valence-corrected chi connectivity index (χ2v) is 7.24. The molecule has 0 saturated carbocycles. The molecule has 138 valence electrons. The van der Waals surface area contributed by atoms with E-state index in [2.05, 4.69) is 12.0 Å². The van der Waals surface area contributed by atoms with Crippen LogP contribution < -0.4 is 5.76 Å². The smallest absolute Gasteiger partial charge is 0.437 e. The van der Waals surface area contributed by atoms with Gasteiger partial charge >= 0.3 is 5.76 Å². The molecule has 0 spiro atoms. The van der Waals surface area contributed by atoms with Crippen molar-refractivity contribution in [3.8, 4) is 5.75 Å². The van der Waals surface area contributed by atoms with Crippen molar-refractivity contribution >= 4 is 0 Å². The number of aromatic hydroxyl groups is 1. The Balaban J connectivity index is 2.05. The summed E-state index contributed by atoms with van der Waals surface area (Å²) in [7, 11) is 0. The maximum Gasteiger partial charge on any atom is 0.437 e. The van der Waals surface area contributed by atoms with Crippen LogP contribution in [-0.4, -0.2) is 28.1 Å². The van der Waals surface area contributed by atoms with Crippen LogP contribution in [0.3, 0.4) is 0 Å². The number of aromatic nitrogens is 2. The van der Waals surface area contributed by atoms with Crippen molar-refractivity contribution in [1.29, 1.82) is 0 Å². The molecule has 0 unspecified atom stereocenters. The highest BCUT2D eigenvalue weighted by atomic mass is 16.5. The molecule has 0 aliphatic heterocycles. The van der Waals surface area contributed by atoms with Crippen LogP contribution in [0.15, 0.2) is 27.4 Å². The molecule has 1 heterocycles. The van der Waals surface area contributed by atoms with E-state index in [4.69, 9.17) is 9.15 Å². The fraction of sp³-hybridized carbons (Fsp3) is 0.579. The van der Waals surface area contributed by atoms with Gasteiger partial charge in [-0.2, -0.15) is 4.68 Å². The lowest BCUT2D eigenvalue weighted by Gasteiger charge is -2.21. The number of benzene rings is 1. The molecule has 0 atom stereocenters. The standard InChI is InChI=1S/C19H28N2O4/c1-5-6-10-24-11-9-17-20-21(18(23)25-17)13-14-7-8-16(22)15(12-14)19(2,3)4/h7-8,12,22H,5-6,9-11,13H2,1-4H3. The van der Waals surface area contributed by atoms with Crippen LogP contribution in [0.1, 0.15) is 57.6 Å². The van der Waals surface area contributed by atoms with Gasteiger partial charge in [0.15, 0.2) is 0 Å². The van der Waals surface area contributed by atoms with Gasteiger partial charge < -0.3 is 14.3 Å². The van der Waals surface area contributed by atoms with Gasteiger partial charge in [0.25, 0.3) is 0 Å². The highest BCUT2D eigenvalue weighted by Gasteiger charge is 2.19. The van der Waals surface area contributed by atoms with E-state index in [1.54, 1.807) is 12.1 Å². The molecule has 1 N–H and O–H groups in total. The van der Waals surface area contributed by atoms with Crippen LogP contribution in [0.2, 0.25) is 0 Å². The van der Waals surface area contributed by atoms with E-state index in [1.165, 1.54) is 4.68 Å². The average Bonchev–Trinajstić information content (AvgIpc) is 2.88. The molecule has 1 aromatic heterocycles. The van der Waals surface area contributed by atoms with Crippen molar-refractivity contribution in [3.05, 3.63) is 45.8 Å². The van der Waals surface area contributed by atoms with E-state index in [-0.39, 0.29) is 11.2 Å². The third-order valence-electron chi connectivity index (χ3n) is 3.95. The van der Waals surface area contributed by atoms with Crippen LogP contribution >= 0.6 is 0 Å². The van der Waals surface area contributed by atoms with Crippen molar-refractivity contribution in [2.75, 3.05) is 13.2 Å². The minimum absolute atomic E-state index is 0.185. The van der Waals surface area contributed by atoms with Gasteiger partial charge in [-0.1, -0.05) is 40.2 Å². The van der Waals surface area contributed by atoms with Crippen LogP contribution in [0, 0.1) is 0 Å². The van der Waals surface area contributed by atoms with Gasteiger partial charge in [0, 0.05) is 13.0 Å². The fourth-order valence-electron chi connectivity index (χ4n) is 2.51. The second kappa shape index (κ2) is 8.34. The van der Waals surface area contributed by atoms with Gasteiger partial charge in [-0.15, -0.1) is 5.10 Å². The summed E-state index contributed by atoms with van der Waals surface area (Å²) < 4.78 is 12.0. The number of nitrogens with zero attached hydrogens (tertiary/aromatic N) is 2. The predicted octanol–water partition coefficient (Wildman–Crippen LogP) is 3.25. The van der Waals surface area contributed by atoms with E-state index in [1.807, 2.05) is 26.8 Å². The highest BCUT2D eigenvalue weighted by Crippen LogP contribution is 2.31. The monoisotopic (exact) mass is 348 g/mol. The van der Waals surface area contributed by atoms with Crippen LogP contribution in [0.4, 0.5) is 0 Å². The third kappa shape index (κ3) is 5.46. The maximum atomic E-state index is 12.0. The molecule has 0 amide bonds. The lowest BCUT2D eigenvalue weighted by atomic mass is 9.85. The zero-order chi connectivity index (χ0) is 18.4. The van der Waals surface area contributed by atoms with Gasteiger partial charge in [-0.3, -0.25) is 0 Å². The molecule has 0 bridgehead atoms. The molecule has 2 aromatic rings. The Kier molecular flexibility index (Phi) is 6.42. The fourth-order valence-corrected chi connectivity index (χ4v) is 2.51. The summed E-state index contributed by atoms with van der Waals surface area (Å²) >= 11 is 0. The van der Waals surface area contributed by atoms with E-state index in [9.17, 15) is 9.90 Å². The molecule has 6 nitrogen and oxygen atoms in total. The summed E-state index contributed by atoms with van der Waals surface area (Å²) in [6.07, 6.45) is 2.59. The molecule has 0 saturated heterocycles. The largest absolute Gasteiger partial charge is 0.508 e. The Hall–Kier alpha value is -2.08. The van der Waals surface area contributed by atoms with Crippen molar-refractivity contribution in [2.45, 2.75) is 58.9 Å². The Morgan fingerprint density at radius 1 is 1.28 bits per heavy atom.